The van der Waals surface area contributed by atoms with Crippen LogP contribution in [0.1, 0.15) is 50.5 Å². The number of hydrogen-bond donors (Lipinski definition) is 2. The first-order valence-electron chi connectivity index (χ1n) is 6.86. The summed E-state index contributed by atoms with van der Waals surface area (Å²) >= 11 is 0. The van der Waals surface area contributed by atoms with E-state index >= 15 is 0 Å². The van der Waals surface area contributed by atoms with E-state index in [9.17, 15) is 4.79 Å². The molecule has 0 fully saturated rings. The zero-order valence-corrected chi connectivity index (χ0v) is 12.0. The van der Waals surface area contributed by atoms with Crippen molar-refractivity contribution in [2.24, 2.45) is 5.92 Å². The van der Waals surface area contributed by atoms with Crippen molar-refractivity contribution in [2.45, 2.75) is 52.6 Å². The lowest BCUT2D eigenvalue weighted by atomic mass is 10.0. The number of nitrogens with zero attached hydrogens (tertiary/aromatic N) is 3. The molecule has 1 rings (SSSR count). The Balaban J connectivity index is 2.16. The molecular formula is C13H24N4O2. The van der Waals surface area contributed by atoms with Crippen LogP contribution in [0.25, 0.3) is 0 Å². The summed E-state index contributed by atoms with van der Waals surface area (Å²) in [5.41, 5.74) is -0.00928. The van der Waals surface area contributed by atoms with Crippen molar-refractivity contribution in [3.8, 4) is 0 Å². The van der Waals surface area contributed by atoms with E-state index in [1.54, 1.807) is 4.68 Å². The average molecular weight is 268 g/mol. The predicted molar refractivity (Wildman–Crippen MR) is 73.1 cm³/mol. The molecule has 0 aliphatic rings. The van der Waals surface area contributed by atoms with Crippen molar-refractivity contribution >= 4 is 5.97 Å². The normalized spacial score (nSPS) is 12.8. The molecule has 1 heterocycles. The average Bonchev–Trinajstić information content (AvgIpc) is 2.77. The SMILES string of the molecule is CC(C)CCCC(C)NCCn1cc(C(=O)O)nn1. The van der Waals surface area contributed by atoms with Gasteiger partial charge in [-0.1, -0.05) is 31.9 Å². The van der Waals surface area contributed by atoms with Crippen molar-refractivity contribution in [2.75, 3.05) is 6.54 Å². The van der Waals surface area contributed by atoms with Gasteiger partial charge in [0.2, 0.25) is 0 Å². The van der Waals surface area contributed by atoms with Crippen molar-refractivity contribution < 1.29 is 9.90 Å². The minimum Gasteiger partial charge on any atom is -0.476 e. The van der Waals surface area contributed by atoms with Crippen molar-refractivity contribution in [3.05, 3.63) is 11.9 Å². The summed E-state index contributed by atoms with van der Waals surface area (Å²) in [5.74, 6) is -0.280. The number of carbonyl (C=O) groups is 1. The van der Waals surface area contributed by atoms with E-state index in [0.29, 0.717) is 12.6 Å². The second-order valence-electron chi connectivity index (χ2n) is 5.35. The number of aromatic carboxylic acids is 1. The maximum absolute atomic E-state index is 10.6. The van der Waals surface area contributed by atoms with Gasteiger partial charge in [0.05, 0.1) is 12.7 Å². The Morgan fingerprint density at radius 1 is 1.42 bits per heavy atom. The molecule has 108 valence electrons. The molecule has 0 saturated heterocycles. The number of nitrogens with one attached hydrogen (secondary N) is 1. The molecule has 0 radical (unpaired) electrons. The van der Waals surface area contributed by atoms with Crippen LogP contribution in [0.2, 0.25) is 0 Å². The Morgan fingerprint density at radius 3 is 2.74 bits per heavy atom. The Labute approximate surface area is 114 Å². The second kappa shape index (κ2) is 7.89. The van der Waals surface area contributed by atoms with Crippen molar-refractivity contribution in [1.29, 1.82) is 0 Å². The van der Waals surface area contributed by atoms with Crippen LogP contribution in [0.3, 0.4) is 0 Å². The Bertz CT molecular complexity index is 390. The van der Waals surface area contributed by atoms with E-state index in [1.165, 1.54) is 19.0 Å². The van der Waals surface area contributed by atoms with Gasteiger partial charge in [0.15, 0.2) is 5.69 Å². The molecule has 19 heavy (non-hydrogen) atoms. The van der Waals surface area contributed by atoms with Gasteiger partial charge in [0.25, 0.3) is 0 Å². The molecule has 1 atom stereocenters. The van der Waals surface area contributed by atoms with Crippen LogP contribution in [0.5, 0.6) is 0 Å². The minimum atomic E-state index is -1.04. The fourth-order valence-electron chi connectivity index (χ4n) is 1.87. The Hall–Kier alpha value is -1.43. The molecule has 1 aromatic rings. The van der Waals surface area contributed by atoms with Gasteiger partial charge in [-0.15, -0.1) is 5.10 Å². The minimum absolute atomic E-state index is 0.00928. The number of carboxylic acids is 1. The zero-order valence-electron chi connectivity index (χ0n) is 12.0. The highest BCUT2D eigenvalue weighted by Crippen LogP contribution is 2.07. The predicted octanol–water partition coefficient (Wildman–Crippen LogP) is 1.78. The standard InChI is InChI=1S/C13H24N4O2/c1-10(2)5-4-6-11(3)14-7-8-17-9-12(13(18)19)15-16-17/h9-11,14H,4-8H2,1-3H3,(H,18,19). The maximum Gasteiger partial charge on any atom is 0.358 e. The van der Waals surface area contributed by atoms with E-state index in [1.807, 2.05) is 0 Å². The van der Waals surface area contributed by atoms with E-state index in [0.717, 1.165) is 18.9 Å². The molecule has 6 nitrogen and oxygen atoms in total. The molecule has 0 saturated carbocycles. The number of rotatable bonds is 9. The van der Waals surface area contributed by atoms with E-state index in [4.69, 9.17) is 5.11 Å². The molecule has 2 N–H and O–H groups in total. The topological polar surface area (TPSA) is 80.0 Å². The molecule has 1 aromatic heterocycles. The fraction of sp³-hybridized carbons (Fsp3) is 0.769. The summed E-state index contributed by atoms with van der Waals surface area (Å²) in [7, 11) is 0. The number of aromatic nitrogens is 3. The van der Waals surface area contributed by atoms with Crippen LogP contribution in [0, 0.1) is 5.92 Å². The first-order valence-corrected chi connectivity index (χ1v) is 6.86. The fourth-order valence-corrected chi connectivity index (χ4v) is 1.87. The van der Waals surface area contributed by atoms with Gasteiger partial charge in [-0.2, -0.15) is 0 Å². The zero-order chi connectivity index (χ0) is 14.3. The van der Waals surface area contributed by atoms with Crippen LogP contribution in [-0.2, 0) is 6.54 Å². The van der Waals surface area contributed by atoms with Gasteiger partial charge < -0.3 is 10.4 Å². The highest BCUT2D eigenvalue weighted by atomic mass is 16.4. The lowest BCUT2D eigenvalue weighted by Crippen LogP contribution is -2.29. The van der Waals surface area contributed by atoms with Crippen LogP contribution in [0.15, 0.2) is 6.20 Å². The lowest BCUT2D eigenvalue weighted by Gasteiger charge is -2.14. The molecule has 0 aromatic carbocycles. The van der Waals surface area contributed by atoms with Gasteiger partial charge >= 0.3 is 5.97 Å². The summed E-state index contributed by atoms with van der Waals surface area (Å²) in [6.45, 7) is 8.05. The van der Waals surface area contributed by atoms with Gasteiger partial charge in [-0.3, -0.25) is 4.68 Å². The van der Waals surface area contributed by atoms with Crippen molar-refractivity contribution in [3.63, 3.8) is 0 Å². The van der Waals surface area contributed by atoms with Crippen LogP contribution in [-0.4, -0.2) is 38.7 Å². The van der Waals surface area contributed by atoms with Gasteiger partial charge in [-0.05, 0) is 19.3 Å². The van der Waals surface area contributed by atoms with Crippen LogP contribution >= 0.6 is 0 Å². The summed E-state index contributed by atoms with van der Waals surface area (Å²) in [5, 5.41) is 19.5. The molecule has 0 aliphatic carbocycles. The second-order valence-corrected chi connectivity index (χ2v) is 5.35. The third kappa shape index (κ3) is 6.33. The first-order chi connectivity index (χ1) is 8.99. The highest BCUT2D eigenvalue weighted by molar-refractivity contribution is 5.84. The molecule has 6 heteroatoms. The molecule has 0 bridgehead atoms. The van der Waals surface area contributed by atoms with Crippen LogP contribution in [0.4, 0.5) is 0 Å². The summed E-state index contributed by atoms with van der Waals surface area (Å²) in [6, 6.07) is 0.473. The van der Waals surface area contributed by atoms with Gasteiger partial charge in [0.1, 0.15) is 0 Å². The summed E-state index contributed by atoms with van der Waals surface area (Å²) in [6.07, 6.45) is 5.11. The molecule has 0 spiro atoms. The molecule has 0 amide bonds. The smallest absolute Gasteiger partial charge is 0.358 e. The quantitative estimate of drug-likeness (QED) is 0.713. The largest absolute Gasteiger partial charge is 0.476 e. The first kappa shape index (κ1) is 15.6. The summed E-state index contributed by atoms with van der Waals surface area (Å²) < 4.78 is 1.55. The number of carboxylic acid groups (broad SMARTS) is 1. The van der Waals surface area contributed by atoms with Gasteiger partial charge in [-0.25, -0.2) is 4.79 Å². The molecule has 1 unspecified atom stereocenters. The third-order valence-electron chi connectivity index (χ3n) is 3.01. The van der Waals surface area contributed by atoms with Gasteiger partial charge in [0, 0.05) is 12.6 Å². The molecule has 0 aliphatic heterocycles. The summed E-state index contributed by atoms with van der Waals surface area (Å²) in [4.78, 5) is 10.6. The molecular weight excluding hydrogens is 244 g/mol. The van der Waals surface area contributed by atoms with Crippen molar-refractivity contribution in [1.82, 2.24) is 20.3 Å². The lowest BCUT2D eigenvalue weighted by molar-refractivity contribution is 0.0690. The third-order valence-corrected chi connectivity index (χ3v) is 3.01. The number of hydrogen-bond acceptors (Lipinski definition) is 4. The monoisotopic (exact) mass is 268 g/mol. The Kier molecular flexibility index (Phi) is 6.49. The Morgan fingerprint density at radius 2 is 2.16 bits per heavy atom. The van der Waals surface area contributed by atoms with Crippen LogP contribution < -0.4 is 5.32 Å². The van der Waals surface area contributed by atoms with E-state index in [-0.39, 0.29) is 5.69 Å². The van der Waals surface area contributed by atoms with E-state index < -0.39 is 5.97 Å². The highest BCUT2D eigenvalue weighted by Gasteiger charge is 2.08. The maximum atomic E-state index is 10.6. The van der Waals surface area contributed by atoms with E-state index in [2.05, 4.69) is 36.4 Å².